The van der Waals surface area contributed by atoms with Crippen LogP contribution in [-0.2, 0) is 6.54 Å². The van der Waals surface area contributed by atoms with E-state index in [0.717, 1.165) is 16.7 Å². The summed E-state index contributed by atoms with van der Waals surface area (Å²) in [5.74, 6) is -0.0880. The van der Waals surface area contributed by atoms with Crippen molar-refractivity contribution >= 4 is 34.0 Å². The van der Waals surface area contributed by atoms with Crippen molar-refractivity contribution in [3.8, 4) is 17.0 Å². The molecule has 2 N–H and O–H groups in total. The molecule has 1 aliphatic rings. The largest absolute Gasteiger partial charge is 0.471 e. The van der Waals surface area contributed by atoms with Crippen LogP contribution in [0.15, 0.2) is 53.6 Å². The Labute approximate surface area is 182 Å². The second-order valence-electron chi connectivity index (χ2n) is 8.19. The Morgan fingerprint density at radius 3 is 2.87 bits per heavy atom. The number of benzene rings is 1. The zero-order chi connectivity index (χ0) is 21.8. The quantitative estimate of drug-likeness (QED) is 0.443. The minimum absolute atomic E-state index is 0.155. The van der Waals surface area contributed by atoms with Gasteiger partial charge in [-0.25, -0.2) is 9.37 Å². The Hall–Kier alpha value is -3.32. The van der Waals surface area contributed by atoms with Crippen molar-refractivity contribution in [2.24, 2.45) is 0 Å². The van der Waals surface area contributed by atoms with Gasteiger partial charge in [0.2, 0.25) is 5.88 Å². The van der Waals surface area contributed by atoms with Gasteiger partial charge in [-0.3, -0.25) is 9.36 Å². The van der Waals surface area contributed by atoms with E-state index >= 15 is 0 Å². The van der Waals surface area contributed by atoms with Crippen LogP contribution in [-0.4, -0.2) is 20.1 Å². The highest BCUT2D eigenvalue weighted by Gasteiger charge is 2.31. The van der Waals surface area contributed by atoms with Crippen molar-refractivity contribution in [2.45, 2.75) is 32.4 Å². The molecule has 0 fully saturated rings. The molecule has 5 rings (SSSR count). The maximum Gasteiger partial charge on any atom is 0.261 e. The number of H-pyrrole nitrogens is 1. The Balaban J connectivity index is 1.73. The van der Waals surface area contributed by atoms with Crippen molar-refractivity contribution in [3.05, 3.63) is 70.0 Å². The molecule has 0 aliphatic carbocycles. The molecule has 6 nitrogen and oxygen atoms in total. The van der Waals surface area contributed by atoms with Crippen LogP contribution in [0.3, 0.4) is 0 Å². The molecule has 0 spiro atoms. The number of aromatic nitrogens is 3. The molecule has 0 atom stereocenters. The van der Waals surface area contributed by atoms with Gasteiger partial charge < -0.3 is 15.0 Å². The lowest BCUT2D eigenvalue weighted by atomic mass is 10.0. The Morgan fingerprint density at radius 1 is 1.19 bits per heavy atom. The molecule has 8 heteroatoms. The van der Waals surface area contributed by atoms with E-state index in [9.17, 15) is 9.18 Å². The fourth-order valence-electron chi connectivity index (χ4n) is 3.86. The number of pyridine rings is 2. The van der Waals surface area contributed by atoms with Crippen LogP contribution in [0.4, 0.5) is 15.8 Å². The topological polar surface area (TPSA) is 71.9 Å². The summed E-state index contributed by atoms with van der Waals surface area (Å²) in [7, 11) is 0. The number of anilines is 2. The molecule has 158 valence electrons. The van der Waals surface area contributed by atoms with E-state index in [0.29, 0.717) is 29.6 Å². The summed E-state index contributed by atoms with van der Waals surface area (Å²) in [5, 5.41) is 4.61. The molecule has 0 saturated carbocycles. The van der Waals surface area contributed by atoms with Gasteiger partial charge in [-0.05, 0) is 50.2 Å². The van der Waals surface area contributed by atoms with E-state index in [1.54, 1.807) is 23.0 Å². The number of aromatic amines is 1. The summed E-state index contributed by atoms with van der Waals surface area (Å²) in [6.07, 6.45) is 4.14. The first kappa shape index (κ1) is 19.6. The van der Waals surface area contributed by atoms with Crippen molar-refractivity contribution in [1.82, 2.24) is 14.5 Å². The van der Waals surface area contributed by atoms with Gasteiger partial charge in [-0.15, -0.1) is 0 Å². The van der Waals surface area contributed by atoms with Gasteiger partial charge in [0.05, 0.1) is 11.3 Å². The van der Waals surface area contributed by atoms with Gasteiger partial charge in [0.25, 0.3) is 5.56 Å². The van der Waals surface area contributed by atoms with Crippen LogP contribution in [0.5, 0.6) is 5.88 Å². The first-order valence-corrected chi connectivity index (χ1v) is 10.3. The van der Waals surface area contributed by atoms with Gasteiger partial charge in [-0.2, -0.15) is 0 Å². The predicted molar refractivity (Wildman–Crippen MR) is 120 cm³/mol. The maximum absolute atomic E-state index is 14.6. The third kappa shape index (κ3) is 3.45. The van der Waals surface area contributed by atoms with Crippen LogP contribution in [0.1, 0.15) is 20.3 Å². The van der Waals surface area contributed by atoms with Gasteiger partial charge in [0, 0.05) is 41.3 Å². The van der Waals surface area contributed by atoms with E-state index in [2.05, 4.69) is 15.3 Å². The Morgan fingerprint density at radius 2 is 2.03 bits per heavy atom. The molecule has 0 bridgehead atoms. The molecule has 0 unspecified atom stereocenters. The Kier molecular flexibility index (Phi) is 4.51. The number of hydrogen-bond donors (Lipinski definition) is 2. The molecule has 4 aromatic rings. The third-order valence-corrected chi connectivity index (χ3v) is 5.73. The zero-order valence-corrected chi connectivity index (χ0v) is 17.8. The zero-order valence-electron chi connectivity index (χ0n) is 17.0. The second kappa shape index (κ2) is 7.13. The summed E-state index contributed by atoms with van der Waals surface area (Å²) in [6.45, 7) is 4.42. The number of halogens is 2. The molecule has 31 heavy (non-hydrogen) atoms. The maximum atomic E-state index is 14.6. The lowest BCUT2D eigenvalue weighted by Crippen LogP contribution is -2.40. The number of nitrogens with zero attached hydrogens (tertiary/aromatic N) is 2. The van der Waals surface area contributed by atoms with E-state index in [1.165, 1.54) is 18.2 Å². The minimum Gasteiger partial charge on any atom is -0.471 e. The molecular weight excluding hydrogens is 419 g/mol. The summed E-state index contributed by atoms with van der Waals surface area (Å²) in [5.41, 5.74) is 1.70. The fourth-order valence-corrected chi connectivity index (χ4v) is 4.03. The lowest BCUT2D eigenvalue weighted by molar-refractivity contribution is 0.0566. The first-order chi connectivity index (χ1) is 14.8. The monoisotopic (exact) mass is 438 g/mol. The molecule has 0 saturated heterocycles. The fraction of sp³-hybridized carbons (Fsp3) is 0.217. The normalized spacial score (nSPS) is 14.8. The van der Waals surface area contributed by atoms with Crippen molar-refractivity contribution in [3.63, 3.8) is 0 Å². The van der Waals surface area contributed by atoms with E-state index in [1.807, 2.05) is 26.0 Å². The molecule has 3 aromatic heterocycles. The number of fused-ring (bicyclic) bond motifs is 2. The SMILES string of the molecule is CC1(C)CCn2c(c(Nc3ccnc4[nH]ccc34)cc(-c3cc(Cl)ccc3F)c2=O)O1. The van der Waals surface area contributed by atoms with E-state index in [4.69, 9.17) is 16.3 Å². The average Bonchev–Trinajstić information content (AvgIpc) is 3.21. The Bertz CT molecular complexity index is 1380. The van der Waals surface area contributed by atoms with Gasteiger partial charge in [-0.1, -0.05) is 11.6 Å². The molecular formula is C23H20ClFN4O2. The summed E-state index contributed by atoms with van der Waals surface area (Å²) in [4.78, 5) is 20.7. The molecule has 0 radical (unpaired) electrons. The van der Waals surface area contributed by atoms with Crippen molar-refractivity contribution < 1.29 is 9.13 Å². The summed E-state index contributed by atoms with van der Waals surface area (Å²) in [6, 6.07) is 9.57. The van der Waals surface area contributed by atoms with Crippen LogP contribution in [0.2, 0.25) is 5.02 Å². The smallest absolute Gasteiger partial charge is 0.261 e. The van der Waals surface area contributed by atoms with E-state index in [-0.39, 0.29) is 16.7 Å². The molecule has 0 amide bonds. The average molecular weight is 439 g/mol. The number of hydrogen-bond acceptors (Lipinski definition) is 4. The lowest BCUT2D eigenvalue weighted by Gasteiger charge is -2.35. The molecule has 1 aromatic carbocycles. The minimum atomic E-state index is -0.512. The standard InChI is InChI=1S/C23H20ClFN4O2/c1-23(2)7-10-29-21(30)16(15-11-13(24)3-4-17(15)25)12-19(22(29)31-23)28-18-6-9-27-20-14(18)5-8-26-20/h3-6,8-9,11-12H,7,10H2,1-2H3,(H2,26,27,28). The van der Waals surface area contributed by atoms with Gasteiger partial charge in [0.15, 0.2) is 0 Å². The number of ether oxygens (including phenoxy) is 1. The number of rotatable bonds is 3. The highest BCUT2D eigenvalue weighted by Crippen LogP contribution is 2.38. The van der Waals surface area contributed by atoms with E-state index < -0.39 is 11.4 Å². The predicted octanol–water partition coefficient (Wildman–Crippen LogP) is 5.49. The van der Waals surface area contributed by atoms with Gasteiger partial charge >= 0.3 is 0 Å². The first-order valence-electron chi connectivity index (χ1n) is 9.94. The van der Waals surface area contributed by atoms with Gasteiger partial charge in [0.1, 0.15) is 22.8 Å². The van der Waals surface area contributed by atoms with Crippen molar-refractivity contribution in [2.75, 3.05) is 5.32 Å². The molecule has 4 heterocycles. The highest BCUT2D eigenvalue weighted by atomic mass is 35.5. The van der Waals surface area contributed by atoms with Crippen LogP contribution in [0, 0.1) is 5.82 Å². The van der Waals surface area contributed by atoms with Crippen LogP contribution in [0.25, 0.3) is 22.2 Å². The van der Waals surface area contributed by atoms with Crippen molar-refractivity contribution in [1.29, 1.82) is 0 Å². The second-order valence-corrected chi connectivity index (χ2v) is 8.63. The highest BCUT2D eigenvalue weighted by molar-refractivity contribution is 6.30. The number of nitrogens with one attached hydrogen (secondary N) is 2. The summed E-state index contributed by atoms with van der Waals surface area (Å²) >= 11 is 6.10. The molecule has 1 aliphatic heterocycles. The van der Waals surface area contributed by atoms with Crippen LogP contribution < -0.4 is 15.6 Å². The van der Waals surface area contributed by atoms with Crippen LogP contribution >= 0.6 is 11.6 Å². The summed E-state index contributed by atoms with van der Waals surface area (Å²) < 4.78 is 22.4. The third-order valence-electron chi connectivity index (χ3n) is 5.50.